The number of aliphatic imine (C=N–C) groups is 1. The molecule has 0 bridgehead atoms. The number of rotatable bonds is 7. The highest BCUT2D eigenvalue weighted by molar-refractivity contribution is 5.95. The molecule has 2 heterocycles. The van der Waals surface area contributed by atoms with E-state index in [1.165, 1.54) is 0 Å². The molecule has 0 spiro atoms. The average molecular weight is 409 g/mol. The summed E-state index contributed by atoms with van der Waals surface area (Å²) in [5.74, 6) is 2.04. The molecule has 0 saturated carbocycles. The highest BCUT2D eigenvalue weighted by atomic mass is 16.5. The zero-order valence-electron chi connectivity index (χ0n) is 17.0. The minimum Gasteiger partial charge on any atom is -0.493 e. The van der Waals surface area contributed by atoms with Crippen molar-refractivity contribution in [3.05, 3.63) is 59.7 Å². The number of benzene rings is 2. The van der Waals surface area contributed by atoms with Crippen LogP contribution in [0.2, 0.25) is 0 Å². The number of nitrogens with zero attached hydrogens (tertiary/aromatic N) is 1. The predicted octanol–water partition coefficient (Wildman–Crippen LogP) is 2.79. The second kappa shape index (κ2) is 10.1. The number of hydrogen-bond acceptors (Lipinski definition) is 6. The smallest absolute Gasteiger partial charge is 0.251 e. The third-order valence-electron chi connectivity index (χ3n) is 5.29. The SMILES string of the molecule is O=C(NCc1ccc(NC2=NCCN2)cc1)c1ccc(OCC2CCOCC2)cc1. The maximum atomic E-state index is 12.4. The fraction of sp³-hybridized carbons (Fsp3) is 0.391. The third-order valence-corrected chi connectivity index (χ3v) is 5.29. The molecule has 1 amide bonds. The standard InChI is InChI=1S/C23H28N4O3/c28-22(19-3-7-21(8-4-19)30-16-18-9-13-29-14-10-18)26-15-17-1-5-20(6-2-17)27-23-24-11-12-25-23/h1-8,18H,9-16H2,(H,26,28)(H2,24,25,27). The number of nitrogens with one attached hydrogen (secondary N) is 3. The molecule has 0 aromatic heterocycles. The molecule has 0 atom stereocenters. The van der Waals surface area contributed by atoms with Gasteiger partial charge in [-0.2, -0.15) is 0 Å². The van der Waals surface area contributed by atoms with Crippen molar-refractivity contribution < 1.29 is 14.3 Å². The van der Waals surface area contributed by atoms with Gasteiger partial charge in [-0.1, -0.05) is 12.1 Å². The van der Waals surface area contributed by atoms with Crippen LogP contribution in [0.4, 0.5) is 5.69 Å². The van der Waals surface area contributed by atoms with Crippen molar-refractivity contribution in [2.75, 3.05) is 38.2 Å². The van der Waals surface area contributed by atoms with Crippen molar-refractivity contribution in [2.24, 2.45) is 10.9 Å². The van der Waals surface area contributed by atoms with Gasteiger partial charge in [0.25, 0.3) is 5.91 Å². The molecule has 2 aliphatic heterocycles. The lowest BCUT2D eigenvalue weighted by Crippen LogP contribution is -2.26. The van der Waals surface area contributed by atoms with Crippen LogP contribution in [0.1, 0.15) is 28.8 Å². The second-order valence-electron chi connectivity index (χ2n) is 7.55. The predicted molar refractivity (Wildman–Crippen MR) is 117 cm³/mol. The molecule has 4 rings (SSSR count). The first-order valence-electron chi connectivity index (χ1n) is 10.5. The molecule has 7 heteroatoms. The van der Waals surface area contributed by atoms with Gasteiger partial charge in [0.05, 0.1) is 13.2 Å². The van der Waals surface area contributed by atoms with Crippen LogP contribution in [0.15, 0.2) is 53.5 Å². The largest absolute Gasteiger partial charge is 0.493 e. The molecule has 1 fully saturated rings. The molecule has 158 valence electrons. The van der Waals surface area contributed by atoms with E-state index in [0.29, 0.717) is 24.6 Å². The summed E-state index contributed by atoms with van der Waals surface area (Å²) in [5, 5.41) is 9.36. The van der Waals surface area contributed by atoms with Crippen molar-refractivity contribution in [1.82, 2.24) is 10.6 Å². The van der Waals surface area contributed by atoms with Crippen LogP contribution in [0.3, 0.4) is 0 Å². The summed E-state index contributed by atoms with van der Waals surface area (Å²) >= 11 is 0. The van der Waals surface area contributed by atoms with Gasteiger partial charge in [-0.25, -0.2) is 0 Å². The molecular formula is C23H28N4O3. The van der Waals surface area contributed by atoms with Crippen LogP contribution in [-0.2, 0) is 11.3 Å². The van der Waals surface area contributed by atoms with Crippen LogP contribution in [0.25, 0.3) is 0 Å². The maximum Gasteiger partial charge on any atom is 0.251 e. The van der Waals surface area contributed by atoms with Crippen molar-refractivity contribution in [2.45, 2.75) is 19.4 Å². The molecule has 2 aliphatic rings. The Morgan fingerprint density at radius 1 is 1.10 bits per heavy atom. The van der Waals surface area contributed by atoms with Crippen LogP contribution in [0, 0.1) is 5.92 Å². The number of ether oxygens (including phenoxy) is 2. The van der Waals surface area contributed by atoms with E-state index in [1.54, 1.807) is 12.1 Å². The summed E-state index contributed by atoms with van der Waals surface area (Å²) in [6, 6.07) is 15.3. The summed E-state index contributed by atoms with van der Waals surface area (Å²) in [4.78, 5) is 16.7. The van der Waals surface area contributed by atoms with E-state index in [4.69, 9.17) is 9.47 Å². The van der Waals surface area contributed by atoms with Crippen molar-refractivity contribution in [1.29, 1.82) is 0 Å². The minimum atomic E-state index is -0.0994. The van der Waals surface area contributed by atoms with Crippen molar-refractivity contribution in [3.8, 4) is 5.75 Å². The summed E-state index contributed by atoms with van der Waals surface area (Å²) in [6.07, 6.45) is 2.09. The second-order valence-corrected chi connectivity index (χ2v) is 7.55. The Hall–Kier alpha value is -3.06. The van der Waals surface area contributed by atoms with Crippen LogP contribution in [-0.4, -0.2) is 44.8 Å². The van der Waals surface area contributed by atoms with Gasteiger partial charge in [0.1, 0.15) is 5.75 Å². The van der Waals surface area contributed by atoms with Crippen LogP contribution >= 0.6 is 0 Å². The molecular weight excluding hydrogens is 380 g/mol. The fourth-order valence-electron chi connectivity index (χ4n) is 3.44. The van der Waals surface area contributed by atoms with Gasteiger partial charge in [-0.15, -0.1) is 0 Å². The number of carbonyl (C=O) groups excluding carboxylic acids is 1. The van der Waals surface area contributed by atoms with Crippen LogP contribution in [0.5, 0.6) is 5.75 Å². The van der Waals surface area contributed by atoms with E-state index in [-0.39, 0.29) is 5.91 Å². The molecule has 0 radical (unpaired) electrons. The van der Waals surface area contributed by atoms with E-state index in [1.807, 2.05) is 36.4 Å². The van der Waals surface area contributed by atoms with E-state index in [0.717, 1.165) is 62.1 Å². The Bertz CT molecular complexity index is 859. The number of hydrogen-bond donors (Lipinski definition) is 3. The Kier molecular flexibility index (Phi) is 6.82. The zero-order valence-corrected chi connectivity index (χ0v) is 17.0. The third kappa shape index (κ3) is 5.73. The molecule has 7 nitrogen and oxygen atoms in total. The number of carbonyl (C=O) groups is 1. The van der Waals surface area contributed by atoms with Gasteiger partial charge < -0.3 is 25.4 Å². The fourth-order valence-corrected chi connectivity index (χ4v) is 3.44. The van der Waals surface area contributed by atoms with Crippen LogP contribution < -0.4 is 20.7 Å². The van der Waals surface area contributed by atoms with Crippen molar-refractivity contribution in [3.63, 3.8) is 0 Å². The first-order valence-corrected chi connectivity index (χ1v) is 10.5. The first-order chi connectivity index (χ1) is 14.8. The molecule has 0 unspecified atom stereocenters. The molecule has 30 heavy (non-hydrogen) atoms. The highest BCUT2D eigenvalue weighted by Gasteiger charge is 2.14. The molecule has 2 aromatic carbocycles. The van der Waals surface area contributed by atoms with Gasteiger partial charge in [0, 0.05) is 37.6 Å². The number of guanidine groups is 1. The Labute approximate surface area is 176 Å². The van der Waals surface area contributed by atoms with Gasteiger partial charge >= 0.3 is 0 Å². The molecule has 0 aliphatic carbocycles. The number of anilines is 1. The lowest BCUT2D eigenvalue weighted by Gasteiger charge is -2.22. The maximum absolute atomic E-state index is 12.4. The van der Waals surface area contributed by atoms with Gasteiger partial charge in [-0.3, -0.25) is 9.79 Å². The highest BCUT2D eigenvalue weighted by Crippen LogP contribution is 2.18. The quantitative estimate of drug-likeness (QED) is 0.656. The summed E-state index contributed by atoms with van der Waals surface area (Å²) < 4.78 is 11.2. The Balaban J connectivity index is 1.22. The minimum absolute atomic E-state index is 0.0994. The van der Waals surface area contributed by atoms with E-state index in [2.05, 4.69) is 20.9 Å². The monoisotopic (exact) mass is 408 g/mol. The number of amides is 1. The van der Waals surface area contributed by atoms with E-state index >= 15 is 0 Å². The summed E-state index contributed by atoms with van der Waals surface area (Å²) in [6.45, 7) is 4.48. The molecule has 2 aromatic rings. The van der Waals surface area contributed by atoms with Gasteiger partial charge in [-0.05, 0) is 60.7 Å². The van der Waals surface area contributed by atoms with E-state index in [9.17, 15) is 4.79 Å². The molecule has 3 N–H and O–H groups in total. The Morgan fingerprint density at radius 3 is 2.57 bits per heavy atom. The van der Waals surface area contributed by atoms with Crippen molar-refractivity contribution >= 4 is 17.6 Å². The zero-order chi connectivity index (χ0) is 20.6. The molecule has 1 saturated heterocycles. The normalized spacial score (nSPS) is 16.5. The first kappa shape index (κ1) is 20.2. The average Bonchev–Trinajstić information content (AvgIpc) is 3.31. The summed E-state index contributed by atoms with van der Waals surface area (Å²) in [5.41, 5.74) is 2.62. The lowest BCUT2D eigenvalue weighted by atomic mass is 10.0. The Morgan fingerprint density at radius 2 is 1.87 bits per heavy atom. The van der Waals surface area contributed by atoms with Gasteiger partial charge in [0.15, 0.2) is 5.96 Å². The van der Waals surface area contributed by atoms with E-state index < -0.39 is 0 Å². The lowest BCUT2D eigenvalue weighted by molar-refractivity contribution is 0.0497. The topological polar surface area (TPSA) is 84.0 Å². The summed E-state index contributed by atoms with van der Waals surface area (Å²) in [7, 11) is 0. The van der Waals surface area contributed by atoms with Gasteiger partial charge in [0.2, 0.25) is 0 Å².